The number of nitrogens with two attached hydrogens (primary N) is 1. The number of benzene rings is 1. The van der Waals surface area contributed by atoms with Gasteiger partial charge in [0.25, 0.3) is 0 Å². The van der Waals surface area contributed by atoms with Gasteiger partial charge in [0.05, 0.1) is 0 Å². The fourth-order valence-corrected chi connectivity index (χ4v) is 1.87. The molecule has 1 atom stereocenters. The maximum atomic E-state index is 5.54. The van der Waals surface area contributed by atoms with Gasteiger partial charge in [-0.25, -0.2) is 0 Å². The van der Waals surface area contributed by atoms with Crippen LogP contribution in [-0.4, -0.2) is 13.1 Å². The van der Waals surface area contributed by atoms with Gasteiger partial charge >= 0.3 is 0 Å². The van der Waals surface area contributed by atoms with Crippen LogP contribution in [0.3, 0.4) is 0 Å². The Hall–Kier alpha value is -0.860. The van der Waals surface area contributed by atoms with Crippen molar-refractivity contribution in [3.8, 4) is 0 Å². The van der Waals surface area contributed by atoms with Crippen LogP contribution < -0.4 is 11.1 Å². The predicted octanol–water partition coefficient (Wildman–Crippen LogP) is 1.22. The summed E-state index contributed by atoms with van der Waals surface area (Å²) in [5, 5.41) is 3.37. The quantitative estimate of drug-likeness (QED) is 0.711. The molecule has 0 amide bonds. The molecule has 1 aliphatic heterocycles. The average molecular weight is 176 g/mol. The Morgan fingerprint density at radius 2 is 2.08 bits per heavy atom. The Morgan fingerprint density at radius 3 is 2.62 bits per heavy atom. The maximum absolute atomic E-state index is 5.54. The molecule has 0 aliphatic carbocycles. The second-order valence-electron chi connectivity index (χ2n) is 3.64. The molecule has 0 aromatic heterocycles. The standard InChI is InChI=1S/C11H16N2/c12-7-9-1-3-10(4-2-9)11-5-6-13-8-11/h1-4,11,13H,5-8,12H2/t11-/m1/s1. The zero-order valence-corrected chi connectivity index (χ0v) is 7.79. The first-order valence-corrected chi connectivity index (χ1v) is 4.90. The molecule has 0 unspecified atom stereocenters. The average Bonchev–Trinajstić information content (AvgIpc) is 2.71. The highest BCUT2D eigenvalue weighted by Gasteiger charge is 2.15. The zero-order valence-electron chi connectivity index (χ0n) is 7.79. The summed E-state index contributed by atoms with van der Waals surface area (Å²) in [7, 11) is 0. The highest BCUT2D eigenvalue weighted by atomic mass is 14.9. The molecule has 1 aromatic carbocycles. The van der Waals surface area contributed by atoms with Gasteiger partial charge in [-0.3, -0.25) is 0 Å². The first-order chi connectivity index (χ1) is 6.40. The van der Waals surface area contributed by atoms with Crippen molar-refractivity contribution in [1.29, 1.82) is 0 Å². The molecule has 0 spiro atoms. The van der Waals surface area contributed by atoms with Crippen LogP contribution in [0.1, 0.15) is 23.5 Å². The largest absolute Gasteiger partial charge is 0.326 e. The molecule has 2 nitrogen and oxygen atoms in total. The van der Waals surface area contributed by atoms with Gasteiger partial charge in [-0.05, 0) is 30.0 Å². The van der Waals surface area contributed by atoms with Crippen molar-refractivity contribution in [2.24, 2.45) is 5.73 Å². The van der Waals surface area contributed by atoms with E-state index in [9.17, 15) is 0 Å². The molecule has 0 radical (unpaired) electrons. The third-order valence-electron chi connectivity index (χ3n) is 2.75. The van der Waals surface area contributed by atoms with E-state index in [1.165, 1.54) is 17.5 Å². The molecule has 1 fully saturated rings. The van der Waals surface area contributed by atoms with E-state index in [0.717, 1.165) is 13.1 Å². The molecule has 2 heteroatoms. The first kappa shape index (κ1) is 8.73. The van der Waals surface area contributed by atoms with E-state index >= 15 is 0 Å². The molecule has 1 saturated heterocycles. The molecule has 13 heavy (non-hydrogen) atoms. The van der Waals surface area contributed by atoms with Crippen LogP contribution in [0, 0.1) is 0 Å². The Labute approximate surface area is 79.1 Å². The first-order valence-electron chi connectivity index (χ1n) is 4.90. The highest BCUT2D eigenvalue weighted by molar-refractivity contribution is 5.26. The fraction of sp³-hybridized carbons (Fsp3) is 0.455. The summed E-state index contributed by atoms with van der Waals surface area (Å²) in [6.07, 6.45) is 1.27. The SMILES string of the molecule is NCc1ccc([C@@H]2CCNC2)cc1. The van der Waals surface area contributed by atoms with Gasteiger partial charge in [0.2, 0.25) is 0 Å². The molecular weight excluding hydrogens is 160 g/mol. The van der Waals surface area contributed by atoms with Gasteiger partial charge < -0.3 is 11.1 Å². The van der Waals surface area contributed by atoms with Crippen LogP contribution in [0.5, 0.6) is 0 Å². The van der Waals surface area contributed by atoms with E-state index in [-0.39, 0.29) is 0 Å². The van der Waals surface area contributed by atoms with E-state index in [1.807, 2.05) is 0 Å². The van der Waals surface area contributed by atoms with E-state index in [2.05, 4.69) is 29.6 Å². The molecule has 1 heterocycles. The van der Waals surface area contributed by atoms with Gasteiger partial charge in [-0.15, -0.1) is 0 Å². The molecule has 1 aromatic rings. The number of hydrogen-bond acceptors (Lipinski definition) is 2. The summed E-state index contributed by atoms with van der Waals surface area (Å²) < 4.78 is 0. The molecule has 0 saturated carbocycles. The van der Waals surface area contributed by atoms with Gasteiger partial charge in [-0.1, -0.05) is 24.3 Å². The molecule has 0 bridgehead atoms. The molecule has 1 aliphatic rings. The third-order valence-corrected chi connectivity index (χ3v) is 2.75. The third kappa shape index (κ3) is 1.90. The summed E-state index contributed by atoms with van der Waals surface area (Å²) in [4.78, 5) is 0. The highest BCUT2D eigenvalue weighted by Crippen LogP contribution is 2.22. The van der Waals surface area contributed by atoms with Crippen molar-refractivity contribution in [2.45, 2.75) is 18.9 Å². The monoisotopic (exact) mass is 176 g/mol. The minimum atomic E-state index is 0.642. The van der Waals surface area contributed by atoms with Crippen molar-refractivity contribution in [3.63, 3.8) is 0 Å². The smallest absolute Gasteiger partial charge is 0.0178 e. The lowest BCUT2D eigenvalue weighted by Crippen LogP contribution is -2.08. The van der Waals surface area contributed by atoms with Gasteiger partial charge in [0.15, 0.2) is 0 Å². The summed E-state index contributed by atoms with van der Waals surface area (Å²) in [5.41, 5.74) is 8.20. The van der Waals surface area contributed by atoms with Crippen molar-refractivity contribution in [1.82, 2.24) is 5.32 Å². The Morgan fingerprint density at radius 1 is 1.31 bits per heavy atom. The summed E-state index contributed by atoms with van der Waals surface area (Å²) >= 11 is 0. The van der Waals surface area contributed by atoms with Crippen LogP contribution in [0.15, 0.2) is 24.3 Å². The van der Waals surface area contributed by atoms with Crippen LogP contribution in [0.2, 0.25) is 0 Å². The minimum Gasteiger partial charge on any atom is -0.326 e. The van der Waals surface area contributed by atoms with Crippen LogP contribution in [-0.2, 0) is 6.54 Å². The molecule has 2 rings (SSSR count). The fourth-order valence-electron chi connectivity index (χ4n) is 1.87. The Bertz CT molecular complexity index is 260. The lowest BCUT2D eigenvalue weighted by Gasteiger charge is -2.08. The Kier molecular flexibility index (Phi) is 2.62. The normalized spacial score (nSPS) is 22.1. The van der Waals surface area contributed by atoms with Gasteiger partial charge in [-0.2, -0.15) is 0 Å². The lowest BCUT2D eigenvalue weighted by atomic mass is 9.97. The van der Waals surface area contributed by atoms with Crippen LogP contribution in [0.4, 0.5) is 0 Å². The minimum absolute atomic E-state index is 0.642. The van der Waals surface area contributed by atoms with Crippen LogP contribution >= 0.6 is 0 Å². The summed E-state index contributed by atoms with van der Waals surface area (Å²) in [5.74, 6) is 0.715. The summed E-state index contributed by atoms with van der Waals surface area (Å²) in [6.45, 7) is 2.93. The van der Waals surface area contributed by atoms with Crippen molar-refractivity contribution >= 4 is 0 Å². The van der Waals surface area contributed by atoms with Crippen molar-refractivity contribution in [3.05, 3.63) is 35.4 Å². The molecule has 70 valence electrons. The Balaban J connectivity index is 2.12. The van der Waals surface area contributed by atoms with Gasteiger partial charge in [0, 0.05) is 13.1 Å². The van der Waals surface area contributed by atoms with E-state index in [1.54, 1.807) is 0 Å². The molecule has 3 N–H and O–H groups in total. The molecular formula is C11H16N2. The van der Waals surface area contributed by atoms with E-state index < -0.39 is 0 Å². The zero-order chi connectivity index (χ0) is 9.10. The second kappa shape index (κ2) is 3.90. The lowest BCUT2D eigenvalue weighted by molar-refractivity contribution is 0.762. The predicted molar refractivity (Wildman–Crippen MR) is 54.6 cm³/mol. The van der Waals surface area contributed by atoms with E-state index in [0.29, 0.717) is 12.5 Å². The van der Waals surface area contributed by atoms with Gasteiger partial charge in [0.1, 0.15) is 0 Å². The second-order valence-corrected chi connectivity index (χ2v) is 3.64. The summed E-state index contributed by atoms with van der Waals surface area (Å²) in [6, 6.07) is 8.68. The topological polar surface area (TPSA) is 38.0 Å². The number of nitrogens with one attached hydrogen (secondary N) is 1. The van der Waals surface area contributed by atoms with Crippen molar-refractivity contribution in [2.75, 3.05) is 13.1 Å². The van der Waals surface area contributed by atoms with E-state index in [4.69, 9.17) is 5.73 Å². The van der Waals surface area contributed by atoms with Crippen molar-refractivity contribution < 1.29 is 0 Å². The maximum Gasteiger partial charge on any atom is 0.0178 e. The number of hydrogen-bond donors (Lipinski definition) is 2. The van der Waals surface area contributed by atoms with Crippen LogP contribution in [0.25, 0.3) is 0 Å². The number of rotatable bonds is 2.